The Kier molecular flexibility index (Phi) is 5.40. The number of anilines is 2. The lowest BCUT2D eigenvalue weighted by Gasteiger charge is -2.22. The lowest BCUT2D eigenvalue weighted by atomic mass is 10.2. The van der Waals surface area contributed by atoms with Crippen molar-refractivity contribution in [2.75, 3.05) is 16.8 Å². The van der Waals surface area contributed by atoms with Crippen molar-refractivity contribution in [3.8, 4) is 0 Å². The number of amides is 1. The summed E-state index contributed by atoms with van der Waals surface area (Å²) in [5.74, 6) is 0.548. The first-order valence-corrected chi connectivity index (χ1v) is 11.0. The minimum absolute atomic E-state index is 0.125. The highest BCUT2D eigenvalue weighted by Crippen LogP contribution is 2.35. The Morgan fingerprint density at radius 1 is 1.13 bits per heavy atom. The molecule has 0 aromatic carbocycles. The third-order valence-corrected chi connectivity index (χ3v) is 6.09. The van der Waals surface area contributed by atoms with Gasteiger partial charge in [0.25, 0.3) is 5.91 Å². The van der Waals surface area contributed by atoms with Crippen molar-refractivity contribution in [2.45, 2.75) is 25.4 Å². The molecule has 1 saturated heterocycles. The third-order valence-electron chi connectivity index (χ3n) is 5.31. The Labute approximate surface area is 183 Å². The largest absolute Gasteiger partial charge is 0.339 e. The Bertz CT molecular complexity index is 1160. The van der Waals surface area contributed by atoms with E-state index in [1.807, 2.05) is 46.5 Å². The second kappa shape index (κ2) is 8.65. The SMILES string of the molecule is O=C(Nc1nc(C2CCCN2c2ncccn2)cs1)c1cccn1Cc1ccncc1. The Morgan fingerprint density at radius 3 is 2.81 bits per heavy atom. The molecule has 156 valence electrons. The van der Waals surface area contributed by atoms with E-state index in [4.69, 9.17) is 4.98 Å². The normalized spacial score (nSPS) is 15.9. The van der Waals surface area contributed by atoms with Crippen LogP contribution in [-0.4, -0.2) is 37.0 Å². The van der Waals surface area contributed by atoms with E-state index in [1.165, 1.54) is 11.3 Å². The van der Waals surface area contributed by atoms with Gasteiger partial charge < -0.3 is 9.47 Å². The maximum absolute atomic E-state index is 12.9. The fourth-order valence-corrected chi connectivity index (χ4v) is 4.61. The highest BCUT2D eigenvalue weighted by molar-refractivity contribution is 7.14. The van der Waals surface area contributed by atoms with E-state index < -0.39 is 0 Å². The summed E-state index contributed by atoms with van der Waals surface area (Å²) in [6.07, 6.45) is 11.0. The zero-order valence-electron chi connectivity index (χ0n) is 16.8. The predicted molar refractivity (Wildman–Crippen MR) is 119 cm³/mol. The molecule has 0 aliphatic carbocycles. The van der Waals surface area contributed by atoms with E-state index in [2.05, 4.69) is 25.2 Å². The zero-order chi connectivity index (χ0) is 21.0. The van der Waals surface area contributed by atoms with Gasteiger partial charge in [0.15, 0.2) is 5.13 Å². The summed E-state index contributed by atoms with van der Waals surface area (Å²) in [6, 6.07) is 9.52. The number of hydrogen-bond donors (Lipinski definition) is 1. The van der Waals surface area contributed by atoms with Gasteiger partial charge in [0.05, 0.1) is 11.7 Å². The van der Waals surface area contributed by atoms with Crippen molar-refractivity contribution in [1.29, 1.82) is 0 Å². The molecule has 1 amide bonds. The average Bonchev–Trinajstić information content (AvgIpc) is 3.56. The van der Waals surface area contributed by atoms with Crippen LogP contribution in [0.25, 0.3) is 0 Å². The first-order valence-electron chi connectivity index (χ1n) is 10.1. The van der Waals surface area contributed by atoms with Crippen LogP contribution in [0.15, 0.2) is 66.7 Å². The van der Waals surface area contributed by atoms with E-state index in [0.717, 1.165) is 36.6 Å². The topological polar surface area (TPSA) is 88.8 Å². The van der Waals surface area contributed by atoms with Gasteiger partial charge in [-0.3, -0.25) is 15.1 Å². The molecule has 5 rings (SSSR count). The smallest absolute Gasteiger partial charge is 0.274 e. The molecule has 8 nitrogen and oxygen atoms in total. The molecular formula is C22H21N7OS. The van der Waals surface area contributed by atoms with Crippen LogP contribution in [0, 0.1) is 0 Å². The molecule has 9 heteroatoms. The van der Waals surface area contributed by atoms with Gasteiger partial charge in [0.2, 0.25) is 5.95 Å². The van der Waals surface area contributed by atoms with Gasteiger partial charge in [-0.1, -0.05) is 0 Å². The van der Waals surface area contributed by atoms with Crippen molar-refractivity contribution < 1.29 is 4.79 Å². The van der Waals surface area contributed by atoms with Gasteiger partial charge in [0, 0.05) is 49.5 Å². The lowest BCUT2D eigenvalue weighted by molar-refractivity contribution is 0.101. The molecule has 1 unspecified atom stereocenters. The van der Waals surface area contributed by atoms with Crippen LogP contribution in [0.5, 0.6) is 0 Å². The van der Waals surface area contributed by atoms with Crippen molar-refractivity contribution in [2.24, 2.45) is 0 Å². The first-order chi connectivity index (χ1) is 15.3. The molecule has 0 bridgehead atoms. The maximum Gasteiger partial charge on any atom is 0.274 e. The second-order valence-corrected chi connectivity index (χ2v) is 8.17. The van der Waals surface area contributed by atoms with Crippen molar-refractivity contribution in [3.05, 3.63) is 83.6 Å². The van der Waals surface area contributed by atoms with Crippen molar-refractivity contribution >= 4 is 28.3 Å². The summed E-state index contributed by atoms with van der Waals surface area (Å²) in [5, 5.41) is 5.56. The number of thiazole rings is 1. The molecule has 4 aromatic heterocycles. The molecule has 4 aromatic rings. The second-order valence-electron chi connectivity index (χ2n) is 7.31. The van der Waals surface area contributed by atoms with E-state index >= 15 is 0 Å². The van der Waals surface area contributed by atoms with E-state index in [0.29, 0.717) is 17.4 Å². The Balaban J connectivity index is 1.29. The van der Waals surface area contributed by atoms with Gasteiger partial charge in [0.1, 0.15) is 5.69 Å². The number of pyridine rings is 1. The van der Waals surface area contributed by atoms with E-state index in [1.54, 1.807) is 24.8 Å². The van der Waals surface area contributed by atoms with E-state index in [-0.39, 0.29) is 11.9 Å². The molecule has 1 aliphatic heterocycles. The standard InChI is InChI=1S/C22H21N7OS/c30-20(19-5-1-12-28(19)14-16-6-10-23-11-7-16)27-22-26-17(15-31-22)18-4-2-13-29(18)21-24-8-3-9-25-21/h1,3,5-12,15,18H,2,4,13-14H2,(H,26,27,30). The van der Waals surface area contributed by atoms with Crippen LogP contribution in [0.3, 0.4) is 0 Å². The number of carbonyl (C=O) groups is 1. The fourth-order valence-electron chi connectivity index (χ4n) is 3.85. The monoisotopic (exact) mass is 431 g/mol. The Hall–Kier alpha value is -3.59. The number of aromatic nitrogens is 5. The van der Waals surface area contributed by atoms with Gasteiger partial charge >= 0.3 is 0 Å². The van der Waals surface area contributed by atoms with Gasteiger partial charge in [-0.25, -0.2) is 15.0 Å². The van der Waals surface area contributed by atoms with E-state index in [9.17, 15) is 4.79 Å². The molecule has 0 spiro atoms. The molecular weight excluding hydrogens is 410 g/mol. The van der Waals surface area contributed by atoms with Crippen molar-refractivity contribution in [1.82, 2.24) is 24.5 Å². The van der Waals surface area contributed by atoms with Gasteiger partial charge in [-0.2, -0.15) is 0 Å². The predicted octanol–water partition coefficient (Wildman–Crippen LogP) is 3.77. The molecule has 0 radical (unpaired) electrons. The van der Waals surface area contributed by atoms with Crippen molar-refractivity contribution in [3.63, 3.8) is 0 Å². The average molecular weight is 432 g/mol. The first kappa shape index (κ1) is 19.4. The summed E-state index contributed by atoms with van der Waals surface area (Å²) in [4.78, 5) is 32.6. The third kappa shape index (κ3) is 4.17. The minimum Gasteiger partial charge on any atom is -0.339 e. The summed E-state index contributed by atoms with van der Waals surface area (Å²) in [7, 11) is 0. The molecule has 1 N–H and O–H groups in total. The number of rotatable bonds is 6. The number of carbonyl (C=O) groups excluding carboxylic acids is 1. The highest BCUT2D eigenvalue weighted by Gasteiger charge is 2.30. The highest BCUT2D eigenvalue weighted by atomic mass is 32.1. The molecule has 1 fully saturated rings. The number of hydrogen-bond acceptors (Lipinski definition) is 7. The summed E-state index contributed by atoms with van der Waals surface area (Å²) < 4.78 is 1.92. The zero-order valence-corrected chi connectivity index (χ0v) is 17.6. The summed E-state index contributed by atoms with van der Waals surface area (Å²) >= 11 is 1.44. The molecule has 0 saturated carbocycles. The van der Waals surface area contributed by atoms with Crippen LogP contribution in [0.2, 0.25) is 0 Å². The molecule has 31 heavy (non-hydrogen) atoms. The van der Waals surface area contributed by atoms with Gasteiger partial charge in [-0.05, 0) is 48.7 Å². The molecule has 1 atom stereocenters. The van der Waals surface area contributed by atoms with Crippen LogP contribution in [0.1, 0.15) is 40.6 Å². The number of nitrogens with one attached hydrogen (secondary N) is 1. The quantitative estimate of drug-likeness (QED) is 0.500. The molecule has 1 aliphatic rings. The summed E-state index contributed by atoms with van der Waals surface area (Å²) in [5.41, 5.74) is 2.62. The lowest BCUT2D eigenvalue weighted by Crippen LogP contribution is -2.24. The van der Waals surface area contributed by atoms with Crippen LogP contribution < -0.4 is 10.2 Å². The fraction of sp³-hybridized carbons (Fsp3) is 0.227. The van der Waals surface area contributed by atoms with Crippen LogP contribution in [0.4, 0.5) is 11.1 Å². The Morgan fingerprint density at radius 2 is 1.97 bits per heavy atom. The number of nitrogens with zero attached hydrogens (tertiary/aromatic N) is 6. The maximum atomic E-state index is 12.9. The minimum atomic E-state index is -0.172. The van der Waals surface area contributed by atoms with Crippen LogP contribution in [-0.2, 0) is 6.54 Å². The summed E-state index contributed by atoms with van der Waals surface area (Å²) in [6.45, 7) is 1.51. The molecule has 5 heterocycles. The van der Waals surface area contributed by atoms with Gasteiger partial charge in [-0.15, -0.1) is 11.3 Å². The van der Waals surface area contributed by atoms with Crippen LogP contribution >= 0.6 is 11.3 Å².